The number of carbonyl (C=O) groups excluding carboxylic acids is 2. The summed E-state index contributed by atoms with van der Waals surface area (Å²) in [6.45, 7) is 3.00. The minimum absolute atomic E-state index is 0.0135. The van der Waals surface area contributed by atoms with Crippen molar-refractivity contribution < 1.29 is 18.9 Å². The van der Waals surface area contributed by atoms with Crippen LogP contribution in [0.1, 0.15) is 13.8 Å². The monoisotopic (exact) mass is 336 g/mol. The average molecular weight is 336 g/mol. The lowest BCUT2D eigenvalue weighted by Crippen LogP contribution is -2.41. The van der Waals surface area contributed by atoms with Crippen LogP contribution in [-0.4, -0.2) is 33.9 Å². The molecule has 0 bridgehead atoms. The predicted octanol–water partition coefficient (Wildman–Crippen LogP) is 0.144. The third-order valence-electron chi connectivity index (χ3n) is 3.06. The van der Waals surface area contributed by atoms with Crippen LogP contribution in [0.5, 0.6) is 0 Å². The summed E-state index contributed by atoms with van der Waals surface area (Å²) in [4.78, 5) is 45.2. The van der Waals surface area contributed by atoms with Crippen LogP contribution < -0.4 is 16.4 Å². The predicted molar refractivity (Wildman–Crippen MR) is 83.4 cm³/mol. The van der Waals surface area contributed by atoms with Gasteiger partial charge in [-0.25, -0.2) is 4.79 Å². The van der Waals surface area contributed by atoms with Gasteiger partial charge in [0.05, 0.1) is 23.1 Å². The fourth-order valence-electron chi connectivity index (χ4n) is 2.07. The molecule has 0 saturated heterocycles. The topological polar surface area (TPSA) is 136 Å². The Bertz CT molecular complexity index is 851. The number of benzene rings is 1. The number of non-ortho nitro benzene ring substituents is 1. The molecule has 1 aromatic carbocycles. The molecule has 0 spiro atoms. The van der Waals surface area contributed by atoms with Gasteiger partial charge in [0.15, 0.2) is 5.58 Å². The van der Waals surface area contributed by atoms with E-state index in [1.54, 1.807) is 13.8 Å². The number of amides is 2. The molecule has 0 fully saturated rings. The maximum Gasteiger partial charge on any atom is 0.420 e. The summed E-state index contributed by atoms with van der Waals surface area (Å²) in [5, 5.41) is 15.7. The number of nitrogens with zero attached hydrogens (tertiary/aromatic N) is 2. The van der Waals surface area contributed by atoms with E-state index in [1.807, 2.05) is 0 Å². The minimum atomic E-state index is -0.813. The first kappa shape index (κ1) is 17.2. The van der Waals surface area contributed by atoms with E-state index >= 15 is 0 Å². The molecule has 2 N–H and O–H groups in total. The number of fused-ring (bicyclic) bond motifs is 1. The molecule has 0 saturated carbocycles. The van der Waals surface area contributed by atoms with Gasteiger partial charge in [-0.1, -0.05) is 0 Å². The summed E-state index contributed by atoms with van der Waals surface area (Å²) < 4.78 is 5.95. The zero-order chi connectivity index (χ0) is 17.9. The van der Waals surface area contributed by atoms with E-state index < -0.39 is 16.6 Å². The highest BCUT2D eigenvalue weighted by molar-refractivity contribution is 5.85. The molecular weight excluding hydrogens is 320 g/mol. The van der Waals surface area contributed by atoms with E-state index in [1.165, 1.54) is 12.1 Å². The number of aromatic nitrogens is 1. The number of hydrogen-bond acceptors (Lipinski definition) is 6. The second kappa shape index (κ2) is 6.94. The summed E-state index contributed by atoms with van der Waals surface area (Å²) in [6.07, 6.45) is 0. The Hall–Kier alpha value is -3.17. The van der Waals surface area contributed by atoms with Gasteiger partial charge in [-0.2, -0.15) is 0 Å². The zero-order valence-corrected chi connectivity index (χ0v) is 13.1. The van der Waals surface area contributed by atoms with Gasteiger partial charge in [0.2, 0.25) is 11.8 Å². The molecule has 10 nitrogen and oxygen atoms in total. The smallest absolute Gasteiger partial charge is 0.407 e. The molecule has 0 aliphatic carbocycles. The molecule has 2 rings (SSSR count). The van der Waals surface area contributed by atoms with Crippen molar-refractivity contribution in [3.8, 4) is 0 Å². The molecule has 2 aromatic rings. The fraction of sp³-hybridized carbons (Fsp3) is 0.357. The largest absolute Gasteiger partial charge is 0.420 e. The van der Waals surface area contributed by atoms with Gasteiger partial charge in [-0.05, 0) is 19.9 Å². The lowest BCUT2D eigenvalue weighted by molar-refractivity contribution is -0.384. The summed E-state index contributed by atoms with van der Waals surface area (Å²) in [5.41, 5.74) is 0.0464. The van der Waals surface area contributed by atoms with Crippen molar-refractivity contribution in [1.82, 2.24) is 15.2 Å². The van der Waals surface area contributed by atoms with Crippen LogP contribution in [0.4, 0.5) is 5.69 Å². The number of nitro benzene ring substituents is 1. The first-order valence-corrected chi connectivity index (χ1v) is 7.11. The Balaban J connectivity index is 2.11. The Morgan fingerprint density at radius 3 is 2.67 bits per heavy atom. The highest BCUT2D eigenvalue weighted by Crippen LogP contribution is 2.19. The van der Waals surface area contributed by atoms with Gasteiger partial charge in [-0.3, -0.25) is 24.3 Å². The summed E-state index contributed by atoms with van der Waals surface area (Å²) in [7, 11) is 0. The first-order valence-electron chi connectivity index (χ1n) is 7.11. The second-order valence-electron chi connectivity index (χ2n) is 5.36. The Morgan fingerprint density at radius 2 is 2.04 bits per heavy atom. The molecule has 24 heavy (non-hydrogen) atoms. The fourth-order valence-corrected chi connectivity index (χ4v) is 2.07. The number of carbonyl (C=O) groups is 2. The summed E-state index contributed by atoms with van der Waals surface area (Å²) in [5.74, 6) is -1.72. The van der Waals surface area contributed by atoms with Crippen molar-refractivity contribution in [2.24, 2.45) is 0 Å². The molecule has 1 heterocycles. The maximum atomic E-state index is 11.9. The highest BCUT2D eigenvalue weighted by Gasteiger charge is 2.16. The highest BCUT2D eigenvalue weighted by atomic mass is 16.6. The van der Waals surface area contributed by atoms with E-state index in [4.69, 9.17) is 4.42 Å². The van der Waals surface area contributed by atoms with Crippen LogP contribution in [0.25, 0.3) is 11.1 Å². The van der Waals surface area contributed by atoms with Gasteiger partial charge in [0, 0.05) is 12.1 Å². The number of hydrogen-bond donors (Lipinski definition) is 2. The number of nitro groups is 1. The molecule has 2 amide bonds. The van der Waals surface area contributed by atoms with E-state index in [0.717, 1.165) is 10.6 Å². The molecule has 128 valence electrons. The van der Waals surface area contributed by atoms with Crippen LogP contribution in [0, 0.1) is 10.1 Å². The lowest BCUT2D eigenvalue weighted by atomic mass is 10.3. The maximum absolute atomic E-state index is 11.9. The van der Waals surface area contributed by atoms with Gasteiger partial charge in [0.25, 0.3) is 5.69 Å². The number of rotatable bonds is 6. The van der Waals surface area contributed by atoms with Crippen molar-refractivity contribution in [3.05, 3.63) is 38.9 Å². The molecule has 1 aromatic heterocycles. The molecule has 0 aliphatic heterocycles. The van der Waals surface area contributed by atoms with Crippen LogP contribution in [0.2, 0.25) is 0 Å². The van der Waals surface area contributed by atoms with Crippen LogP contribution in [0.15, 0.2) is 27.4 Å². The van der Waals surface area contributed by atoms with Gasteiger partial charge >= 0.3 is 5.76 Å². The Labute approximate surface area is 135 Å². The van der Waals surface area contributed by atoms with Crippen LogP contribution in [0.3, 0.4) is 0 Å². The zero-order valence-electron chi connectivity index (χ0n) is 13.1. The normalized spacial score (nSPS) is 10.8. The third kappa shape index (κ3) is 3.97. The van der Waals surface area contributed by atoms with E-state index in [-0.39, 0.29) is 41.8 Å². The lowest BCUT2D eigenvalue weighted by Gasteiger charge is -2.09. The standard InChI is InChI=1S/C14H16N4O6/c1-8(2)16-12(19)6-15-13(20)7-17-10-4-3-9(18(22)23)5-11(10)24-14(17)21/h3-5,8H,6-7H2,1-2H3,(H,15,20)(H,16,19). The summed E-state index contributed by atoms with van der Waals surface area (Å²) in [6, 6.07) is 3.60. The van der Waals surface area contributed by atoms with Crippen molar-refractivity contribution in [2.45, 2.75) is 26.4 Å². The minimum Gasteiger partial charge on any atom is -0.407 e. The van der Waals surface area contributed by atoms with Gasteiger partial charge in [-0.15, -0.1) is 0 Å². The van der Waals surface area contributed by atoms with E-state index in [2.05, 4.69) is 10.6 Å². The Morgan fingerprint density at radius 1 is 1.33 bits per heavy atom. The summed E-state index contributed by atoms with van der Waals surface area (Å²) >= 11 is 0. The average Bonchev–Trinajstić information content (AvgIpc) is 2.79. The van der Waals surface area contributed by atoms with Gasteiger partial charge < -0.3 is 15.1 Å². The van der Waals surface area contributed by atoms with Crippen molar-refractivity contribution >= 4 is 28.6 Å². The molecule has 0 unspecified atom stereocenters. The van der Waals surface area contributed by atoms with Gasteiger partial charge in [0.1, 0.15) is 6.54 Å². The van der Waals surface area contributed by atoms with Crippen LogP contribution >= 0.6 is 0 Å². The number of oxazole rings is 1. The molecule has 10 heteroatoms. The molecule has 0 atom stereocenters. The molecule has 0 aliphatic rings. The second-order valence-corrected chi connectivity index (χ2v) is 5.36. The first-order chi connectivity index (χ1) is 11.3. The van der Waals surface area contributed by atoms with Crippen molar-refractivity contribution in [3.63, 3.8) is 0 Å². The molecular formula is C14H16N4O6. The van der Waals surface area contributed by atoms with E-state index in [9.17, 15) is 24.5 Å². The number of nitrogens with one attached hydrogen (secondary N) is 2. The van der Waals surface area contributed by atoms with E-state index in [0.29, 0.717) is 0 Å². The molecule has 0 radical (unpaired) electrons. The SMILES string of the molecule is CC(C)NC(=O)CNC(=O)Cn1c(=O)oc2cc([N+](=O)[O-])ccc21. The quantitative estimate of drug-likeness (QED) is 0.569. The van der Waals surface area contributed by atoms with Crippen molar-refractivity contribution in [2.75, 3.05) is 6.54 Å². The third-order valence-corrected chi connectivity index (χ3v) is 3.06. The van der Waals surface area contributed by atoms with Crippen LogP contribution in [-0.2, 0) is 16.1 Å². The Kier molecular flexibility index (Phi) is 4.97. The van der Waals surface area contributed by atoms with Crippen molar-refractivity contribution in [1.29, 1.82) is 0 Å².